The number of methoxy groups -OCH3 is 2. The second kappa shape index (κ2) is 10.5. The van der Waals surface area contributed by atoms with Crippen molar-refractivity contribution in [1.29, 1.82) is 0 Å². The molecule has 0 heterocycles. The molecule has 0 aliphatic rings. The van der Waals surface area contributed by atoms with Crippen LogP contribution in [0, 0.1) is 0 Å². The Morgan fingerprint density at radius 3 is 2.50 bits per heavy atom. The lowest BCUT2D eigenvalue weighted by molar-refractivity contribution is 0.0600. The van der Waals surface area contributed by atoms with E-state index in [-0.39, 0.29) is 41.2 Å². The first-order valence-electron chi connectivity index (χ1n) is 7.38. The molecule has 0 radical (unpaired) electrons. The molecule has 0 saturated heterocycles. The van der Waals surface area contributed by atoms with E-state index in [1.165, 1.54) is 32.4 Å². The molecule has 1 rings (SSSR count). The van der Waals surface area contributed by atoms with Crippen molar-refractivity contribution < 1.29 is 22.7 Å². The summed E-state index contributed by atoms with van der Waals surface area (Å²) in [5, 5.41) is 0. The van der Waals surface area contributed by atoms with E-state index in [4.69, 9.17) is 10.5 Å². The molecule has 3 N–H and O–H groups in total. The third kappa shape index (κ3) is 5.94. The summed E-state index contributed by atoms with van der Waals surface area (Å²) in [6.07, 6.45) is 2.49. The maximum absolute atomic E-state index is 12.5. The average molecular weight is 381 g/mol. The van der Waals surface area contributed by atoms with Gasteiger partial charge in [0.05, 0.1) is 19.8 Å². The highest BCUT2D eigenvalue weighted by atomic mass is 35.5. The van der Waals surface area contributed by atoms with E-state index < -0.39 is 16.0 Å². The normalized spacial score (nSPS) is 12.2. The van der Waals surface area contributed by atoms with Crippen LogP contribution in [0.2, 0.25) is 0 Å². The number of carbonyl (C=O) groups is 1. The van der Waals surface area contributed by atoms with Gasteiger partial charge in [-0.15, -0.1) is 12.4 Å². The van der Waals surface area contributed by atoms with Crippen LogP contribution in [0.25, 0.3) is 0 Å². The van der Waals surface area contributed by atoms with Gasteiger partial charge in [0.2, 0.25) is 10.0 Å². The van der Waals surface area contributed by atoms with Gasteiger partial charge in [0.1, 0.15) is 10.6 Å². The number of hydrogen-bond donors (Lipinski definition) is 2. The molecule has 0 bridgehead atoms. The number of rotatable bonds is 9. The first kappa shape index (κ1) is 22.6. The maximum atomic E-state index is 12.5. The Labute approximate surface area is 149 Å². The summed E-state index contributed by atoms with van der Waals surface area (Å²) in [6.45, 7) is 2.23. The number of unbranched alkanes of at least 4 members (excludes halogenated alkanes) is 1. The molecule has 0 aromatic heterocycles. The molecule has 138 valence electrons. The Hall–Kier alpha value is -1.35. The molecule has 0 spiro atoms. The molecule has 0 aliphatic heterocycles. The number of halogens is 1. The topological polar surface area (TPSA) is 108 Å². The van der Waals surface area contributed by atoms with Crippen molar-refractivity contribution >= 4 is 28.4 Å². The fourth-order valence-corrected chi connectivity index (χ4v) is 3.53. The van der Waals surface area contributed by atoms with Crippen LogP contribution in [-0.4, -0.2) is 41.2 Å². The zero-order valence-electron chi connectivity index (χ0n) is 14.1. The van der Waals surface area contributed by atoms with E-state index in [2.05, 4.69) is 9.46 Å². The molecule has 7 nitrogen and oxygen atoms in total. The third-order valence-electron chi connectivity index (χ3n) is 3.39. The molecule has 1 aromatic carbocycles. The fourth-order valence-electron chi connectivity index (χ4n) is 2.09. The molecule has 0 saturated carbocycles. The number of ether oxygens (including phenoxy) is 2. The summed E-state index contributed by atoms with van der Waals surface area (Å²) in [5.41, 5.74) is 5.84. The van der Waals surface area contributed by atoms with Crippen LogP contribution in [0.1, 0.15) is 36.5 Å². The standard InChI is InChI=1S/C15H24N2O5S.ClH/c1-4-5-6-12(10-16)17-23(19,20)14-8-7-11(15(18)22-3)9-13(14)21-2;/h7-9,12,17H,4-6,10,16H2,1-3H3;1H. The van der Waals surface area contributed by atoms with Gasteiger partial charge in [-0.05, 0) is 24.6 Å². The summed E-state index contributed by atoms with van der Waals surface area (Å²) in [6, 6.07) is 3.70. The Morgan fingerprint density at radius 1 is 1.33 bits per heavy atom. The van der Waals surface area contributed by atoms with Crippen LogP contribution >= 0.6 is 12.4 Å². The number of sulfonamides is 1. The van der Waals surface area contributed by atoms with Gasteiger partial charge < -0.3 is 15.2 Å². The number of nitrogens with one attached hydrogen (secondary N) is 1. The quantitative estimate of drug-likeness (QED) is 0.631. The van der Waals surface area contributed by atoms with Crippen LogP contribution in [0.3, 0.4) is 0 Å². The predicted molar refractivity (Wildman–Crippen MR) is 94.3 cm³/mol. The van der Waals surface area contributed by atoms with Crippen molar-refractivity contribution in [1.82, 2.24) is 4.72 Å². The highest BCUT2D eigenvalue weighted by Gasteiger charge is 2.24. The van der Waals surface area contributed by atoms with E-state index in [1.54, 1.807) is 0 Å². The summed E-state index contributed by atoms with van der Waals surface area (Å²) < 4.78 is 37.4. The number of esters is 1. The molecule has 0 aliphatic carbocycles. The van der Waals surface area contributed by atoms with E-state index in [0.717, 1.165) is 12.8 Å². The first-order valence-corrected chi connectivity index (χ1v) is 8.86. The number of nitrogens with two attached hydrogens (primary N) is 1. The minimum Gasteiger partial charge on any atom is -0.495 e. The van der Waals surface area contributed by atoms with Gasteiger partial charge in [-0.25, -0.2) is 17.9 Å². The van der Waals surface area contributed by atoms with Crippen molar-refractivity contribution in [2.24, 2.45) is 5.73 Å². The molecule has 1 aromatic rings. The monoisotopic (exact) mass is 380 g/mol. The molecule has 0 amide bonds. The number of carbonyl (C=O) groups excluding carboxylic acids is 1. The van der Waals surface area contributed by atoms with Crippen molar-refractivity contribution in [3.63, 3.8) is 0 Å². The average Bonchev–Trinajstić information content (AvgIpc) is 2.56. The van der Waals surface area contributed by atoms with Crippen LogP contribution < -0.4 is 15.2 Å². The summed E-state index contributed by atoms with van der Waals surface area (Å²) in [4.78, 5) is 11.5. The zero-order chi connectivity index (χ0) is 17.5. The van der Waals surface area contributed by atoms with Crippen LogP contribution in [0.5, 0.6) is 5.75 Å². The SMILES string of the molecule is CCCCC(CN)NS(=O)(=O)c1ccc(C(=O)OC)cc1OC.Cl. The molecular formula is C15H25ClN2O5S. The van der Waals surface area contributed by atoms with Crippen molar-refractivity contribution in [2.45, 2.75) is 37.1 Å². The Balaban J connectivity index is 0.00000529. The lowest BCUT2D eigenvalue weighted by Crippen LogP contribution is -2.40. The van der Waals surface area contributed by atoms with Crippen LogP contribution in [-0.2, 0) is 14.8 Å². The molecule has 0 fully saturated rings. The van der Waals surface area contributed by atoms with E-state index in [1.807, 2.05) is 6.92 Å². The minimum atomic E-state index is -3.80. The molecule has 9 heteroatoms. The van der Waals surface area contributed by atoms with Gasteiger partial charge in [-0.1, -0.05) is 19.8 Å². The van der Waals surface area contributed by atoms with Gasteiger partial charge in [-0.2, -0.15) is 0 Å². The lowest BCUT2D eigenvalue weighted by atomic mass is 10.1. The smallest absolute Gasteiger partial charge is 0.337 e. The highest BCUT2D eigenvalue weighted by Crippen LogP contribution is 2.25. The summed E-state index contributed by atoms with van der Waals surface area (Å²) in [7, 11) is -1.21. The van der Waals surface area contributed by atoms with E-state index >= 15 is 0 Å². The summed E-state index contributed by atoms with van der Waals surface area (Å²) in [5.74, 6) is -0.491. The predicted octanol–water partition coefficient (Wildman–Crippen LogP) is 1.70. The highest BCUT2D eigenvalue weighted by molar-refractivity contribution is 7.89. The summed E-state index contributed by atoms with van der Waals surface area (Å²) >= 11 is 0. The fraction of sp³-hybridized carbons (Fsp3) is 0.533. The van der Waals surface area contributed by atoms with Gasteiger partial charge in [-0.3, -0.25) is 0 Å². The molecule has 1 unspecified atom stereocenters. The van der Waals surface area contributed by atoms with Crippen molar-refractivity contribution in [3.05, 3.63) is 23.8 Å². The van der Waals surface area contributed by atoms with Gasteiger partial charge >= 0.3 is 5.97 Å². The van der Waals surface area contributed by atoms with E-state index in [9.17, 15) is 13.2 Å². The van der Waals surface area contributed by atoms with Gasteiger partial charge in [0, 0.05) is 12.6 Å². The largest absolute Gasteiger partial charge is 0.495 e. The Kier molecular flexibility index (Phi) is 9.91. The first-order chi connectivity index (χ1) is 10.9. The van der Waals surface area contributed by atoms with E-state index in [0.29, 0.717) is 6.42 Å². The maximum Gasteiger partial charge on any atom is 0.337 e. The number of hydrogen-bond acceptors (Lipinski definition) is 6. The second-order valence-corrected chi connectivity index (χ2v) is 6.74. The van der Waals surface area contributed by atoms with Gasteiger partial charge in [0.25, 0.3) is 0 Å². The number of benzene rings is 1. The van der Waals surface area contributed by atoms with Crippen molar-refractivity contribution in [3.8, 4) is 5.75 Å². The lowest BCUT2D eigenvalue weighted by Gasteiger charge is -2.18. The van der Waals surface area contributed by atoms with Crippen LogP contribution in [0.4, 0.5) is 0 Å². The zero-order valence-corrected chi connectivity index (χ0v) is 15.7. The molecule has 1 atom stereocenters. The van der Waals surface area contributed by atoms with Crippen molar-refractivity contribution in [2.75, 3.05) is 20.8 Å². The van der Waals surface area contributed by atoms with Gasteiger partial charge in [0.15, 0.2) is 0 Å². The Morgan fingerprint density at radius 2 is 2.00 bits per heavy atom. The molecule has 24 heavy (non-hydrogen) atoms. The second-order valence-electron chi connectivity index (χ2n) is 5.05. The Bertz CT molecular complexity index is 637. The molecular weight excluding hydrogens is 356 g/mol. The third-order valence-corrected chi connectivity index (χ3v) is 4.95. The van der Waals surface area contributed by atoms with Crippen LogP contribution in [0.15, 0.2) is 23.1 Å². The minimum absolute atomic E-state index is 0.